The van der Waals surface area contributed by atoms with E-state index in [0.717, 1.165) is 54.2 Å². The van der Waals surface area contributed by atoms with Gasteiger partial charge in [0.2, 0.25) is 5.91 Å². The third kappa shape index (κ3) is 5.72. The van der Waals surface area contributed by atoms with E-state index >= 15 is 0 Å². The van der Waals surface area contributed by atoms with Crippen LogP contribution in [0.1, 0.15) is 77.4 Å². The van der Waals surface area contributed by atoms with Crippen LogP contribution in [0.2, 0.25) is 0 Å². The Morgan fingerprint density at radius 3 is 2.24 bits per heavy atom. The summed E-state index contributed by atoms with van der Waals surface area (Å²) in [6.07, 6.45) is 4.63. The monoisotopic (exact) mass is 567 g/mol. The number of anilines is 1. The van der Waals surface area contributed by atoms with Gasteiger partial charge in [-0.1, -0.05) is 42.5 Å². The second-order valence-electron chi connectivity index (χ2n) is 12.0. The molecule has 1 unspecified atom stereocenters. The van der Waals surface area contributed by atoms with Crippen LogP contribution in [-0.4, -0.2) is 46.2 Å². The van der Waals surface area contributed by atoms with Crippen molar-refractivity contribution in [1.82, 2.24) is 4.90 Å². The number of carboxylic acids is 1. The molecule has 0 spiro atoms. The lowest BCUT2D eigenvalue weighted by atomic mass is 9.75. The molecular formula is C34H37N3O5. The molecule has 1 aliphatic carbocycles. The SMILES string of the molecule is CC1(C)Cc2c(-c3ccc(C=O)cc3)cccc2C(C(=O)Nc2ccc(C(=O)O)cc2)N1C(=O)[C@H]1CC[C@H](CN)CC1. The first-order valence-electron chi connectivity index (χ1n) is 14.5. The van der Waals surface area contributed by atoms with E-state index in [-0.39, 0.29) is 23.3 Å². The Morgan fingerprint density at radius 2 is 1.64 bits per heavy atom. The number of carbonyl (C=O) groups is 4. The van der Waals surface area contributed by atoms with Gasteiger partial charge in [-0.05, 0) is 105 Å². The number of nitrogens with zero attached hydrogens (tertiary/aromatic N) is 1. The lowest BCUT2D eigenvalue weighted by Gasteiger charge is -2.50. The van der Waals surface area contributed by atoms with Crippen LogP contribution >= 0.6 is 0 Å². The number of hydrogen-bond acceptors (Lipinski definition) is 5. The minimum absolute atomic E-state index is 0.0248. The van der Waals surface area contributed by atoms with Crippen LogP contribution in [0.4, 0.5) is 5.69 Å². The molecular weight excluding hydrogens is 530 g/mol. The van der Waals surface area contributed by atoms with Crippen LogP contribution in [-0.2, 0) is 16.0 Å². The number of carboxylic acid groups (broad SMARTS) is 1. The minimum atomic E-state index is -1.05. The molecule has 4 N–H and O–H groups in total. The van der Waals surface area contributed by atoms with Gasteiger partial charge in [-0.15, -0.1) is 0 Å². The van der Waals surface area contributed by atoms with Crippen molar-refractivity contribution in [3.05, 3.63) is 89.0 Å². The molecule has 8 heteroatoms. The smallest absolute Gasteiger partial charge is 0.335 e. The van der Waals surface area contributed by atoms with E-state index in [0.29, 0.717) is 30.1 Å². The molecule has 1 fully saturated rings. The Balaban J connectivity index is 1.57. The van der Waals surface area contributed by atoms with E-state index in [1.54, 1.807) is 29.2 Å². The number of nitrogens with two attached hydrogens (primary N) is 1. The molecule has 8 nitrogen and oxygen atoms in total. The molecule has 1 saturated carbocycles. The quantitative estimate of drug-likeness (QED) is 0.325. The van der Waals surface area contributed by atoms with Gasteiger partial charge in [-0.3, -0.25) is 14.4 Å². The molecule has 0 radical (unpaired) electrons. The molecule has 1 heterocycles. The number of hydrogen-bond donors (Lipinski definition) is 3. The minimum Gasteiger partial charge on any atom is -0.478 e. The van der Waals surface area contributed by atoms with Gasteiger partial charge >= 0.3 is 5.97 Å². The third-order valence-corrected chi connectivity index (χ3v) is 8.80. The van der Waals surface area contributed by atoms with Gasteiger partial charge in [0.25, 0.3) is 5.91 Å². The van der Waals surface area contributed by atoms with Crippen molar-refractivity contribution in [2.24, 2.45) is 17.6 Å². The summed E-state index contributed by atoms with van der Waals surface area (Å²) >= 11 is 0. The van der Waals surface area contributed by atoms with Crippen molar-refractivity contribution in [3.8, 4) is 11.1 Å². The van der Waals surface area contributed by atoms with Gasteiger partial charge < -0.3 is 21.1 Å². The van der Waals surface area contributed by atoms with Crippen molar-refractivity contribution >= 4 is 29.8 Å². The number of fused-ring (bicyclic) bond motifs is 1. The highest BCUT2D eigenvalue weighted by Crippen LogP contribution is 2.45. The summed E-state index contributed by atoms with van der Waals surface area (Å²) < 4.78 is 0. The van der Waals surface area contributed by atoms with E-state index < -0.39 is 17.6 Å². The molecule has 1 aliphatic heterocycles. The molecule has 0 aromatic heterocycles. The fourth-order valence-electron chi connectivity index (χ4n) is 6.51. The number of nitrogens with one attached hydrogen (secondary N) is 1. The van der Waals surface area contributed by atoms with Gasteiger partial charge in [0.05, 0.1) is 5.56 Å². The standard InChI is InChI=1S/C34H37N3O5/c1-34(2)18-29-27(23-10-8-22(20-38)9-11-23)4-3-5-28(29)30(31(39)36-26-16-14-25(15-17-26)33(41)42)37(34)32(40)24-12-6-21(19-35)7-13-24/h3-5,8-11,14-17,20-21,24,30H,6-7,12-13,18-19,35H2,1-2H3,(H,36,39)(H,41,42)/t21-,24-,30?. The Bertz CT molecular complexity index is 1490. The number of benzene rings is 3. The van der Waals surface area contributed by atoms with E-state index in [2.05, 4.69) is 5.32 Å². The average molecular weight is 568 g/mol. The highest BCUT2D eigenvalue weighted by Gasteiger charge is 2.48. The fraction of sp³-hybridized carbons (Fsp3) is 0.353. The summed E-state index contributed by atoms with van der Waals surface area (Å²) in [6.45, 7) is 4.63. The van der Waals surface area contributed by atoms with Gasteiger partial charge in [0.15, 0.2) is 0 Å². The third-order valence-electron chi connectivity index (χ3n) is 8.80. The molecule has 1 atom stereocenters. The maximum absolute atomic E-state index is 14.3. The summed E-state index contributed by atoms with van der Waals surface area (Å²) in [5.41, 5.74) is 10.0. The van der Waals surface area contributed by atoms with Crippen molar-refractivity contribution < 1.29 is 24.3 Å². The zero-order chi connectivity index (χ0) is 30.0. The van der Waals surface area contributed by atoms with Crippen LogP contribution in [0, 0.1) is 11.8 Å². The van der Waals surface area contributed by atoms with E-state index in [9.17, 15) is 24.3 Å². The van der Waals surface area contributed by atoms with Crippen LogP contribution in [0.15, 0.2) is 66.7 Å². The predicted octanol–water partition coefficient (Wildman–Crippen LogP) is 5.47. The van der Waals surface area contributed by atoms with Crippen molar-refractivity contribution in [2.45, 2.75) is 57.5 Å². The lowest BCUT2D eigenvalue weighted by Crippen LogP contribution is -2.58. The molecule has 42 heavy (non-hydrogen) atoms. The Kier molecular flexibility index (Phi) is 8.27. The van der Waals surface area contributed by atoms with Gasteiger partial charge in [-0.25, -0.2) is 4.79 Å². The number of carbonyl (C=O) groups excluding carboxylic acids is 3. The normalized spacial score (nSPS) is 21.2. The summed E-state index contributed by atoms with van der Waals surface area (Å²) in [7, 11) is 0. The van der Waals surface area contributed by atoms with Crippen LogP contribution < -0.4 is 11.1 Å². The Hall–Kier alpha value is -4.30. The summed E-state index contributed by atoms with van der Waals surface area (Å²) in [5, 5.41) is 12.2. The maximum Gasteiger partial charge on any atom is 0.335 e. The Morgan fingerprint density at radius 1 is 0.976 bits per heavy atom. The summed E-state index contributed by atoms with van der Waals surface area (Å²) in [6, 6.07) is 18.3. The number of amides is 2. The molecule has 218 valence electrons. The molecule has 0 bridgehead atoms. The largest absolute Gasteiger partial charge is 0.478 e. The zero-order valence-electron chi connectivity index (χ0n) is 24.0. The first-order chi connectivity index (χ1) is 20.1. The molecule has 2 amide bonds. The van der Waals surface area contributed by atoms with Gasteiger partial charge in [0.1, 0.15) is 12.3 Å². The van der Waals surface area contributed by atoms with Crippen LogP contribution in [0.25, 0.3) is 11.1 Å². The van der Waals surface area contributed by atoms with E-state index in [4.69, 9.17) is 5.73 Å². The fourth-order valence-corrected chi connectivity index (χ4v) is 6.51. The lowest BCUT2D eigenvalue weighted by molar-refractivity contribution is -0.151. The van der Waals surface area contributed by atoms with Crippen LogP contribution in [0.3, 0.4) is 0 Å². The highest BCUT2D eigenvalue weighted by atomic mass is 16.4. The van der Waals surface area contributed by atoms with E-state index in [1.807, 2.05) is 44.2 Å². The number of aromatic carboxylic acids is 1. The number of rotatable bonds is 7. The first-order valence-corrected chi connectivity index (χ1v) is 14.5. The second-order valence-corrected chi connectivity index (χ2v) is 12.0. The van der Waals surface area contributed by atoms with E-state index in [1.165, 1.54) is 12.1 Å². The summed E-state index contributed by atoms with van der Waals surface area (Å²) in [5.74, 6) is -1.19. The molecule has 3 aromatic carbocycles. The van der Waals surface area contributed by atoms with Gasteiger partial charge in [-0.2, -0.15) is 0 Å². The Labute approximate surface area is 245 Å². The summed E-state index contributed by atoms with van der Waals surface area (Å²) in [4.78, 5) is 52.8. The molecule has 2 aliphatic rings. The van der Waals surface area contributed by atoms with Crippen LogP contribution in [0.5, 0.6) is 0 Å². The predicted molar refractivity (Wildman–Crippen MR) is 161 cm³/mol. The van der Waals surface area contributed by atoms with Gasteiger partial charge in [0, 0.05) is 22.7 Å². The van der Waals surface area contributed by atoms with Crippen molar-refractivity contribution in [2.75, 3.05) is 11.9 Å². The molecule has 0 saturated heterocycles. The zero-order valence-corrected chi connectivity index (χ0v) is 24.0. The van der Waals surface area contributed by atoms with Crippen molar-refractivity contribution in [3.63, 3.8) is 0 Å². The molecule has 5 rings (SSSR count). The highest BCUT2D eigenvalue weighted by molar-refractivity contribution is 6.00. The average Bonchev–Trinajstić information content (AvgIpc) is 2.99. The molecule has 3 aromatic rings. The first kappa shape index (κ1) is 29.2. The second kappa shape index (κ2) is 11.9. The topological polar surface area (TPSA) is 130 Å². The van der Waals surface area contributed by atoms with Crippen molar-refractivity contribution in [1.29, 1.82) is 0 Å². The number of aldehydes is 1. The maximum atomic E-state index is 14.3.